The molecule has 70 valence electrons. The predicted octanol–water partition coefficient (Wildman–Crippen LogP) is 3.51. The van der Waals surface area contributed by atoms with E-state index < -0.39 is 0 Å². The Bertz CT molecular complexity index is 337. The minimum absolute atomic E-state index is 0.00808. The summed E-state index contributed by atoms with van der Waals surface area (Å²) in [6.45, 7) is 1.52. The molecular formula is C10H11BrO2. The molecule has 1 saturated carbocycles. The van der Waals surface area contributed by atoms with E-state index in [1.54, 1.807) is 6.07 Å². The summed E-state index contributed by atoms with van der Waals surface area (Å²) < 4.78 is 6.43. The van der Waals surface area contributed by atoms with Gasteiger partial charge >= 0.3 is 0 Å². The third-order valence-corrected chi connectivity index (χ3v) is 3.16. The molecule has 0 aromatic carbocycles. The van der Waals surface area contributed by atoms with E-state index in [4.69, 9.17) is 4.42 Å². The summed E-state index contributed by atoms with van der Waals surface area (Å²) in [4.78, 5) is 11.0. The van der Waals surface area contributed by atoms with Gasteiger partial charge < -0.3 is 4.42 Å². The fourth-order valence-electron chi connectivity index (χ4n) is 1.51. The number of hydrogen-bond acceptors (Lipinski definition) is 2. The van der Waals surface area contributed by atoms with Gasteiger partial charge in [-0.05, 0) is 28.8 Å². The molecule has 1 aromatic heterocycles. The van der Waals surface area contributed by atoms with Crippen molar-refractivity contribution in [1.29, 1.82) is 0 Å². The zero-order chi connectivity index (χ0) is 9.42. The van der Waals surface area contributed by atoms with Gasteiger partial charge in [0.2, 0.25) is 0 Å². The van der Waals surface area contributed by atoms with Crippen molar-refractivity contribution < 1.29 is 9.21 Å². The maximum atomic E-state index is 11.0. The smallest absolute Gasteiger partial charge is 0.194 e. The highest BCUT2D eigenvalue weighted by atomic mass is 79.9. The Morgan fingerprint density at radius 3 is 2.69 bits per heavy atom. The van der Waals surface area contributed by atoms with E-state index in [9.17, 15) is 4.79 Å². The second kappa shape index (κ2) is 3.29. The van der Waals surface area contributed by atoms with Crippen LogP contribution in [0.25, 0.3) is 0 Å². The molecule has 0 spiro atoms. The van der Waals surface area contributed by atoms with E-state index in [0.717, 1.165) is 10.2 Å². The lowest BCUT2D eigenvalue weighted by Gasteiger charge is -2.23. The van der Waals surface area contributed by atoms with Crippen LogP contribution in [0.15, 0.2) is 15.0 Å². The van der Waals surface area contributed by atoms with Crippen LogP contribution in [-0.2, 0) is 0 Å². The number of carbonyl (C=O) groups excluding carboxylic acids is 1. The van der Waals surface area contributed by atoms with Gasteiger partial charge in [-0.25, -0.2) is 0 Å². The Morgan fingerprint density at radius 1 is 1.62 bits per heavy atom. The van der Waals surface area contributed by atoms with Gasteiger partial charge in [-0.15, -0.1) is 0 Å². The molecule has 1 heterocycles. The first kappa shape index (κ1) is 9.00. The fourth-order valence-corrected chi connectivity index (χ4v) is 2.12. The fraction of sp³-hybridized carbons (Fsp3) is 0.500. The van der Waals surface area contributed by atoms with Crippen LogP contribution in [0.5, 0.6) is 0 Å². The summed E-state index contributed by atoms with van der Waals surface area (Å²) >= 11 is 3.41. The van der Waals surface area contributed by atoms with Crippen molar-refractivity contribution in [2.75, 3.05) is 0 Å². The van der Waals surface area contributed by atoms with E-state index in [-0.39, 0.29) is 5.78 Å². The van der Waals surface area contributed by atoms with E-state index in [1.807, 2.05) is 0 Å². The summed E-state index contributed by atoms with van der Waals surface area (Å²) in [6, 6.07) is 1.77. The van der Waals surface area contributed by atoms with Crippen LogP contribution >= 0.6 is 15.9 Å². The predicted molar refractivity (Wildman–Crippen MR) is 53.0 cm³/mol. The molecule has 0 N–H and O–H groups in total. The van der Waals surface area contributed by atoms with Gasteiger partial charge in [0.1, 0.15) is 5.76 Å². The highest BCUT2D eigenvalue weighted by molar-refractivity contribution is 9.10. The van der Waals surface area contributed by atoms with Crippen LogP contribution in [0.3, 0.4) is 0 Å². The van der Waals surface area contributed by atoms with Gasteiger partial charge in [0.15, 0.2) is 11.5 Å². The number of halogens is 1. The van der Waals surface area contributed by atoms with E-state index in [2.05, 4.69) is 15.9 Å². The van der Waals surface area contributed by atoms with Gasteiger partial charge in [0, 0.05) is 18.9 Å². The lowest BCUT2D eigenvalue weighted by molar-refractivity contribution is 0.0983. The van der Waals surface area contributed by atoms with Crippen LogP contribution in [-0.4, -0.2) is 5.78 Å². The molecule has 0 saturated heterocycles. The van der Waals surface area contributed by atoms with E-state index >= 15 is 0 Å². The van der Waals surface area contributed by atoms with Crippen molar-refractivity contribution >= 4 is 21.7 Å². The summed E-state index contributed by atoms with van der Waals surface area (Å²) in [7, 11) is 0. The largest absolute Gasteiger partial charge is 0.456 e. The van der Waals surface area contributed by atoms with Crippen molar-refractivity contribution in [2.24, 2.45) is 0 Å². The first-order valence-corrected chi connectivity index (χ1v) is 5.28. The Morgan fingerprint density at radius 2 is 2.31 bits per heavy atom. The first-order chi connectivity index (χ1) is 6.18. The quantitative estimate of drug-likeness (QED) is 0.744. The minimum atomic E-state index is -0.00808. The molecular weight excluding hydrogens is 232 g/mol. The Kier molecular flexibility index (Phi) is 2.28. The van der Waals surface area contributed by atoms with Crippen LogP contribution < -0.4 is 0 Å². The molecule has 0 aliphatic heterocycles. The monoisotopic (exact) mass is 242 g/mol. The molecule has 0 bridgehead atoms. The molecule has 13 heavy (non-hydrogen) atoms. The Hall–Kier alpha value is -0.570. The number of carbonyl (C=O) groups is 1. The van der Waals surface area contributed by atoms with Crippen LogP contribution in [0, 0.1) is 0 Å². The maximum Gasteiger partial charge on any atom is 0.194 e. The van der Waals surface area contributed by atoms with Gasteiger partial charge in [-0.2, -0.15) is 0 Å². The summed E-state index contributed by atoms with van der Waals surface area (Å²) in [5.41, 5.74) is 0. The second-order valence-corrected chi connectivity index (χ2v) is 4.36. The third kappa shape index (κ3) is 1.57. The molecule has 3 heteroatoms. The van der Waals surface area contributed by atoms with Crippen molar-refractivity contribution in [3.63, 3.8) is 0 Å². The molecule has 2 nitrogen and oxygen atoms in total. The normalized spacial score (nSPS) is 17.1. The maximum absolute atomic E-state index is 11.0. The molecule has 1 aromatic rings. The van der Waals surface area contributed by atoms with Gasteiger partial charge in [-0.3, -0.25) is 4.79 Å². The summed E-state index contributed by atoms with van der Waals surface area (Å²) in [6.07, 6.45) is 3.64. The third-order valence-electron chi connectivity index (χ3n) is 2.54. The Balaban J connectivity index is 2.29. The SMILES string of the molecule is CC(=O)c1cc(Br)c(C2CCC2)o1. The molecule has 0 unspecified atom stereocenters. The molecule has 1 fully saturated rings. The number of Topliss-reactive ketones (excluding diaryl/α,β-unsaturated/α-hetero) is 1. The van der Waals surface area contributed by atoms with Crippen molar-refractivity contribution in [3.05, 3.63) is 22.1 Å². The summed E-state index contributed by atoms with van der Waals surface area (Å²) in [5.74, 6) is 1.94. The number of ketones is 1. The molecule has 1 aliphatic rings. The second-order valence-electron chi connectivity index (χ2n) is 3.51. The minimum Gasteiger partial charge on any atom is -0.456 e. The standard InChI is InChI=1S/C10H11BrO2/c1-6(12)9-5-8(11)10(13-9)7-3-2-4-7/h5,7H,2-4H2,1H3. The topological polar surface area (TPSA) is 30.2 Å². The number of rotatable bonds is 2. The zero-order valence-corrected chi connectivity index (χ0v) is 9.06. The van der Waals surface area contributed by atoms with Crippen molar-refractivity contribution in [2.45, 2.75) is 32.1 Å². The zero-order valence-electron chi connectivity index (χ0n) is 7.47. The molecule has 0 radical (unpaired) electrons. The Labute approximate surface area is 85.4 Å². The van der Waals surface area contributed by atoms with Crippen LogP contribution in [0.2, 0.25) is 0 Å². The lowest BCUT2D eigenvalue weighted by Crippen LogP contribution is -2.07. The van der Waals surface area contributed by atoms with Gasteiger partial charge in [-0.1, -0.05) is 6.42 Å². The van der Waals surface area contributed by atoms with E-state index in [0.29, 0.717) is 11.7 Å². The number of furan rings is 1. The molecule has 0 atom stereocenters. The van der Waals surface area contributed by atoms with Crippen molar-refractivity contribution in [1.82, 2.24) is 0 Å². The highest BCUT2D eigenvalue weighted by Crippen LogP contribution is 2.41. The van der Waals surface area contributed by atoms with Crippen molar-refractivity contribution in [3.8, 4) is 0 Å². The average molecular weight is 243 g/mol. The first-order valence-electron chi connectivity index (χ1n) is 4.48. The molecule has 1 aliphatic carbocycles. The van der Waals surface area contributed by atoms with Gasteiger partial charge in [0.05, 0.1) is 4.47 Å². The summed E-state index contributed by atoms with van der Waals surface area (Å²) in [5, 5.41) is 0. The van der Waals surface area contributed by atoms with Crippen LogP contribution in [0.1, 0.15) is 48.4 Å². The lowest BCUT2D eigenvalue weighted by atomic mass is 9.84. The molecule has 0 amide bonds. The molecule has 2 rings (SSSR count). The average Bonchev–Trinajstić information content (AvgIpc) is 2.29. The van der Waals surface area contributed by atoms with Crippen LogP contribution in [0.4, 0.5) is 0 Å². The number of hydrogen-bond donors (Lipinski definition) is 0. The van der Waals surface area contributed by atoms with Gasteiger partial charge in [0.25, 0.3) is 0 Å². The highest BCUT2D eigenvalue weighted by Gasteiger charge is 2.26. The van der Waals surface area contributed by atoms with E-state index in [1.165, 1.54) is 26.2 Å².